The van der Waals surface area contributed by atoms with E-state index in [-0.39, 0.29) is 5.91 Å². The number of ether oxygens (including phenoxy) is 1. The second-order valence-electron chi connectivity index (χ2n) is 3.63. The van der Waals surface area contributed by atoms with Gasteiger partial charge in [-0.25, -0.2) is 4.98 Å². The van der Waals surface area contributed by atoms with Crippen molar-refractivity contribution < 1.29 is 9.53 Å². The van der Waals surface area contributed by atoms with Gasteiger partial charge in [0.1, 0.15) is 11.5 Å². The van der Waals surface area contributed by atoms with E-state index in [1.807, 2.05) is 13.8 Å². The van der Waals surface area contributed by atoms with Gasteiger partial charge in [0.25, 0.3) is 5.91 Å². The minimum atomic E-state index is -0.209. The number of carbonyl (C=O) groups is 1. The first kappa shape index (κ1) is 14.4. The molecule has 18 heavy (non-hydrogen) atoms. The molecule has 0 aliphatic heterocycles. The summed E-state index contributed by atoms with van der Waals surface area (Å²) in [6, 6.07) is 0. The van der Waals surface area contributed by atoms with Gasteiger partial charge in [-0.2, -0.15) is 0 Å². The number of amides is 1. The van der Waals surface area contributed by atoms with Crippen molar-refractivity contribution in [3.8, 4) is 0 Å². The topological polar surface area (TPSA) is 76.1 Å². The molecule has 1 amide bonds. The first-order valence-corrected chi connectivity index (χ1v) is 6.19. The predicted octanol–water partition coefficient (Wildman–Crippen LogP) is 1.06. The summed E-state index contributed by atoms with van der Waals surface area (Å²) in [5, 5.41) is 5.79. The van der Waals surface area contributed by atoms with Crippen LogP contribution >= 0.6 is 0 Å². The first-order valence-electron chi connectivity index (χ1n) is 6.19. The van der Waals surface area contributed by atoms with Crippen LogP contribution in [-0.4, -0.2) is 42.2 Å². The summed E-state index contributed by atoms with van der Waals surface area (Å²) in [7, 11) is 0. The van der Waals surface area contributed by atoms with Gasteiger partial charge >= 0.3 is 0 Å². The molecule has 100 valence electrons. The minimum Gasteiger partial charge on any atom is -0.382 e. The van der Waals surface area contributed by atoms with Gasteiger partial charge in [-0.3, -0.25) is 9.78 Å². The molecule has 0 saturated carbocycles. The van der Waals surface area contributed by atoms with Crippen LogP contribution in [-0.2, 0) is 4.74 Å². The molecule has 0 aliphatic rings. The van der Waals surface area contributed by atoms with Crippen molar-refractivity contribution in [2.75, 3.05) is 31.6 Å². The van der Waals surface area contributed by atoms with E-state index in [0.29, 0.717) is 31.3 Å². The molecule has 0 unspecified atom stereocenters. The van der Waals surface area contributed by atoms with Crippen molar-refractivity contribution in [2.45, 2.75) is 20.3 Å². The molecule has 2 N–H and O–H groups in total. The van der Waals surface area contributed by atoms with E-state index in [2.05, 4.69) is 20.6 Å². The summed E-state index contributed by atoms with van der Waals surface area (Å²) in [6.07, 6.45) is 3.84. The number of hydrogen-bond acceptors (Lipinski definition) is 5. The van der Waals surface area contributed by atoms with Crippen molar-refractivity contribution in [2.24, 2.45) is 0 Å². The standard InChI is InChI=1S/C12H20N4O2/c1-3-14-11-9-13-8-10(16-11)12(17)15-6-5-7-18-4-2/h8-9H,3-7H2,1-2H3,(H,14,16)(H,15,17). The molecule has 0 radical (unpaired) electrons. The zero-order chi connectivity index (χ0) is 13.2. The highest BCUT2D eigenvalue weighted by Crippen LogP contribution is 2.01. The molecule has 1 aromatic rings. The maximum Gasteiger partial charge on any atom is 0.271 e. The predicted molar refractivity (Wildman–Crippen MR) is 69.6 cm³/mol. The van der Waals surface area contributed by atoms with Crippen LogP contribution in [0.1, 0.15) is 30.8 Å². The van der Waals surface area contributed by atoms with Crippen molar-refractivity contribution in [3.05, 3.63) is 18.1 Å². The summed E-state index contributed by atoms with van der Waals surface area (Å²) in [5.74, 6) is 0.401. The molecule has 0 saturated heterocycles. The van der Waals surface area contributed by atoms with E-state index in [1.54, 1.807) is 6.20 Å². The fourth-order valence-electron chi connectivity index (χ4n) is 1.35. The van der Waals surface area contributed by atoms with Gasteiger partial charge < -0.3 is 15.4 Å². The lowest BCUT2D eigenvalue weighted by molar-refractivity contribution is 0.0939. The number of nitrogens with zero attached hydrogens (tertiary/aromatic N) is 2. The number of carbonyl (C=O) groups excluding carboxylic acids is 1. The summed E-state index contributed by atoms with van der Waals surface area (Å²) < 4.78 is 5.18. The second kappa shape index (κ2) is 8.41. The van der Waals surface area contributed by atoms with Gasteiger partial charge in [0.2, 0.25) is 0 Å². The zero-order valence-corrected chi connectivity index (χ0v) is 10.9. The van der Waals surface area contributed by atoms with Crippen LogP contribution < -0.4 is 10.6 Å². The molecule has 0 aliphatic carbocycles. The minimum absolute atomic E-state index is 0.209. The number of anilines is 1. The normalized spacial score (nSPS) is 10.1. The van der Waals surface area contributed by atoms with Crippen LogP contribution in [0.4, 0.5) is 5.82 Å². The fraction of sp³-hybridized carbons (Fsp3) is 0.583. The highest BCUT2D eigenvalue weighted by molar-refractivity contribution is 5.92. The lowest BCUT2D eigenvalue weighted by Gasteiger charge is -2.06. The van der Waals surface area contributed by atoms with Gasteiger partial charge in [0.15, 0.2) is 0 Å². The van der Waals surface area contributed by atoms with Crippen LogP contribution in [0, 0.1) is 0 Å². The van der Waals surface area contributed by atoms with Crippen LogP contribution in [0.2, 0.25) is 0 Å². The first-order chi connectivity index (χ1) is 8.77. The molecule has 0 atom stereocenters. The molecule has 0 fully saturated rings. The third kappa shape index (κ3) is 5.09. The van der Waals surface area contributed by atoms with Crippen molar-refractivity contribution in [1.82, 2.24) is 15.3 Å². The maximum atomic E-state index is 11.8. The van der Waals surface area contributed by atoms with Gasteiger partial charge in [-0.05, 0) is 20.3 Å². The largest absolute Gasteiger partial charge is 0.382 e. The summed E-state index contributed by atoms with van der Waals surface area (Å²) in [4.78, 5) is 19.9. The highest BCUT2D eigenvalue weighted by Gasteiger charge is 2.07. The molecule has 0 spiro atoms. The monoisotopic (exact) mass is 252 g/mol. The number of aromatic nitrogens is 2. The van der Waals surface area contributed by atoms with E-state index in [4.69, 9.17) is 4.74 Å². The van der Waals surface area contributed by atoms with E-state index in [1.165, 1.54) is 6.20 Å². The smallest absolute Gasteiger partial charge is 0.271 e. The number of rotatable bonds is 8. The number of hydrogen-bond donors (Lipinski definition) is 2. The van der Waals surface area contributed by atoms with E-state index in [0.717, 1.165) is 13.0 Å². The van der Waals surface area contributed by atoms with Crippen LogP contribution in [0.3, 0.4) is 0 Å². The van der Waals surface area contributed by atoms with Crippen molar-refractivity contribution >= 4 is 11.7 Å². The van der Waals surface area contributed by atoms with Gasteiger partial charge in [-0.1, -0.05) is 0 Å². The quantitative estimate of drug-likeness (QED) is 0.677. The van der Waals surface area contributed by atoms with Crippen LogP contribution in [0.15, 0.2) is 12.4 Å². The van der Waals surface area contributed by atoms with Gasteiger partial charge in [0, 0.05) is 26.3 Å². The molecule has 0 bridgehead atoms. The molecule has 1 heterocycles. The fourth-order valence-corrected chi connectivity index (χ4v) is 1.35. The Balaban J connectivity index is 2.38. The van der Waals surface area contributed by atoms with Gasteiger partial charge in [0.05, 0.1) is 12.4 Å². The van der Waals surface area contributed by atoms with E-state index >= 15 is 0 Å². The SMILES string of the molecule is CCNc1cncc(C(=O)NCCCOCC)n1. The number of nitrogens with one attached hydrogen (secondary N) is 2. The third-order valence-corrected chi connectivity index (χ3v) is 2.18. The Kier molecular flexibility index (Phi) is 6.71. The maximum absolute atomic E-state index is 11.8. The molecule has 1 aromatic heterocycles. The summed E-state index contributed by atoms with van der Waals surface area (Å²) >= 11 is 0. The Hall–Kier alpha value is -1.69. The molecule has 6 nitrogen and oxygen atoms in total. The Bertz CT molecular complexity index is 371. The third-order valence-electron chi connectivity index (χ3n) is 2.18. The van der Waals surface area contributed by atoms with Crippen molar-refractivity contribution in [1.29, 1.82) is 0 Å². The van der Waals surface area contributed by atoms with E-state index in [9.17, 15) is 4.79 Å². The summed E-state index contributed by atoms with van der Waals surface area (Å²) in [6.45, 7) is 6.58. The summed E-state index contributed by atoms with van der Waals surface area (Å²) in [5.41, 5.74) is 0.324. The van der Waals surface area contributed by atoms with Crippen molar-refractivity contribution in [3.63, 3.8) is 0 Å². The Morgan fingerprint density at radius 2 is 2.22 bits per heavy atom. The van der Waals surface area contributed by atoms with E-state index < -0.39 is 0 Å². The lowest BCUT2D eigenvalue weighted by Crippen LogP contribution is -2.26. The highest BCUT2D eigenvalue weighted by atomic mass is 16.5. The molecular formula is C12H20N4O2. The zero-order valence-electron chi connectivity index (χ0n) is 10.9. The van der Waals surface area contributed by atoms with Crippen LogP contribution in [0.5, 0.6) is 0 Å². The average molecular weight is 252 g/mol. The molecular weight excluding hydrogens is 232 g/mol. The Morgan fingerprint density at radius 1 is 1.39 bits per heavy atom. The average Bonchev–Trinajstić information content (AvgIpc) is 2.39. The lowest BCUT2D eigenvalue weighted by atomic mass is 10.4. The molecule has 1 rings (SSSR count). The molecule has 0 aromatic carbocycles. The Labute approximate surface area is 107 Å². The van der Waals surface area contributed by atoms with Crippen LogP contribution in [0.25, 0.3) is 0 Å². The second-order valence-corrected chi connectivity index (χ2v) is 3.63. The molecule has 6 heteroatoms. The Morgan fingerprint density at radius 3 is 2.94 bits per heavy atom. The van der Waals surface area contributed by atoms with Gasteiger partial charge in [-0.15, -0.1) is 0 Å².